The minimum atomic E-state index is 0.149. The van der Waals surface area contributed by atoms with Gasteiger partial charge in [0.05, 0.1) is 0 Å². The second-order valence-electron chi connectivity index (χ2n) is 7.06. The summed E-state index contributed by atoms with van der Waals surface area (Å²) in [4.78, 5) is 3.25. The molecular weight excluding hydrogens is 240 g/mol. The lowest BCUT2D eigenvalue weighted by molar-refractivity contribution is 0.199. The molecule has 0 saturated heterocycles. The Bertz CT molecular complexity index is 464. The van der Waals surface area contributed by atoms with Gasteiger partial charge in [-0.15, -0.1) is 0 Å². The predicted molar refractivity (Wildman–Crippen MR) is 79.5 cm³/mol. The summed E-state index contributed by atoms with van der Waals surface area (Å²) in [5.41, 5.74) is 1.50. The number of nitrogens with one attached hydrogen (secondary N) is 1. The number of rotatable bonds is 1. The van der Waals surface area contributed by atoms with E-state index in [1.165, 1.54) is 25.0 Å². The molecular formula is C15H26N2S. The first-order chi connectivity index (χ1) is 8.30. The Morgan fingerprint density at radius 1 is 1.28 bits per heavy atom. The van der Waals surface area contributed by atoms with E-state index in [0.29, 0.717) is 6.04 Å². The van der Waals surface area contributed by atoms with Crippen LogP contribution in [0.3, 0.4) is 0 Å². The van der Waals surface area contributed by atoms with Crippen molar-refractivity contribution in [3.63, 3.8) is 0 Å². The molecule has 0 aromatic carbocycles. The molecule has 1 aromatic heterocycles. The highest BCUT2D eigenvalue weighted by Crippen LogP contribution is 2.39. The molecule has 1 N–H and O–H groups in total. The Morgan fingerprint density at radius 3 is 2.50 bits per heavy atom. The minimum Gasteiger partial charge on any atom is -0.337 e. The standard InChI is InChI=1S/C15H26N2S/c1-10-6-7-12(11(2)8-10)17-13(15(3,4)5)9-16-14(17)18/h9-12H,6-8H2,1-5H3,(H,16,18). The average molecular weight is 266 g/mol. The van der Waals surface area contributed by atoms with Crippen LogP contribution in [-0.2, 0) is 5.41 Å². The molecule has 1 aliphatic carbocycles. The molecule has 0 aliphatic heterocycles. The van der Waals surface area contributed by atoms with Crippen LogP contribution in [0, 0.1) is 16.6 Å². The van der Waals surface area contributed by atoms with Gasteiger partial charge in [0.1, 0.15) is 0 Å². The van der Waals surface area contributed by atoms with Gasteiger partial charge in [-0.2, -0.15) is 0 Å². The second kappa shape index (κ2) is 4.84. The molecule has 3 unspecified atom stereocenters. The summed E-state index contributed by atoms with van der Waals surface area (Å²) in [5.74, 6) is 1.58. The lowest BCUT2D eigenvalue weighted by atomic mass is 9.79. The zero-order chi connectivity index (χ0) is 13.5. The number of imidazole rings is 1. The smallest absolute Gasteiger partial charge is 0.177 e. The van der Waals surface area contributed by atoms with Crippen molar-refractivity contribution in [2.45, 2.75) is 65.3 Å². The summed E-state index contributed by atoms with van der Waals surface area (Å²) in [6.45, 7) is 11.5. The summed E-state index contributed by atoms with van der Waals surface area (Å²) < 4.78 is 3.29. The monoisotopic (exact) mass is 266 g/mol. The number of aromatic amines is 1. The van der Waals surface area contributed by atoms with Crippen molar-refractivity contribution in [1.29, 1.82) is 0 Å². The average Bonchev–Trinajstić information content (AvgIpc) is 2.60. The highest BCUT2D eigenvalue weighted by Gasteiger charge is 2.30. The van der Waals surface area contributed by atoms with Gasteiger partial charge >= 0.3 is 0 Å². The Kier molecular flexibility index (Phi) is 3.72. The van der Waals surface area contributed by atoms with Gasteiger partial charge in [-0.1, -0.05) is 34.6 Å². The van der Waals surface area contributed by atoms with Crippen molar-refractivity contribution in [1.82, 2.24) is 9.55 Å². The topological polar surface area (TPSA) is 20.7 Å². The van der Waals surface area contributed by atoms with E-state index < -0.39 is 0 Å². The van der Waals surface area contributed by atoms with Crippen LogP contribution in [0.5, 0.6) is 0 Å². The van der Waals surface area contributed by atoms with Gasteiger partial charge < -0.3 is 9.55 Å². The highest BCUT2D eigenvalue weighted by atomic mass is 32.1. The lowest BCUT2D eigenvalue weighted by Gasteiger charge is -2.36. The van der Waals surface area contributed by atoms with Crippen molar-refractivity contribution >= 4 is 12.2 Å². The molecule has 102 valence electrons. The highest BCUT2D eigenvalue weighted by molar-refractivity contribution is 7.71. The normalized spacial score (nSPS) is 29.5. The van der Waals surface area contributed by atoms with Crippen LogP contribution in [0.15, 0.2) is 6.20 Å². The maximum atomic E-state index is 5.51. The van der Waals surface area contributed by atoms with Crippen LogP contribution >= 0.6 is 12.2 Å². The molecule has 2 rings (SSSR count). The number of hydrogen-bond acceptors (Lipinski definition) is 1. The first-order valence-electron chi connectivity index (χ1n) is 7.11. The Labute approximate surface area is 116 Å². The van der Waals surface area contributed by atoms with Crippen molar-refractivity contribution in [2.24, 2.45) is 11.8 Å². The molecule has 18 heavy (non-hydrogen) atoms. The molecule has 2 nitrogen and oxygen atoms in total. The molecule has 0 amide bonds. The van der Waals surface area contributed by atoms with Crippen molar-refractivity contribution in [3.8, 4) is 0 Å². The van der Waals surface area contributed by atoms with Gasteiger partial charge in [-0.25, -0.2) is 0 Å². The van der Waals surface area contributed by atoms with Gasteiger partial charge in [0, 0.05) is 23.3 Å². The van der Waals surface area contributed by atoms with E-state index in [1.54, 1.807) is 0 Å². The number of aromatic nitrogens is 2. The van der Waals surface area contributed by atoms with E-state index in [4.69, 9.17) is 12.2 Å². The molecule has 1 aliphatic rings. The summed E-state index contributed by atoms with van der Waals surface area (Å²) in [6, 6.07) is 0.578. The van der Waals surface area contributed by atoms with Crippen molar-refractivity contribution < 1.29 is 0 Å². The van der Waals surface area contributed by atoms with Crippen LogP contribution in [0.2, 0.25) is 0 Å². The van der Waals surface area contributed by atoms with Crippen molar-refractivity contribution in [2.75, 3.05) is 0 Å². The Balaban J connectivity index is 2.39. The van der Waals surface area contributed by atoms with Crippen LogP contribution in [0.4, 0.5) is 0 Å². The Morgan fingerprint density at radius 2 is 1.94 bits per heavy atom. The summed E-state index contributed by atoms with van der Waals surface area (Å²) in [6.07, 6.45) is 6.01. The molecule has 0 spiro atoms. The van der Waals surface area contributed by atoms with Crippen molar-refractivity contribution in [3.05, 3.63) is 16.7 Å². The molecule has 3 heteroatoms. The van der Waals surface area contributed by atoms with Gasteiger partial charge in [0.2, 0.25) is 0 Å². The fourth-order valence-corrected chi connectivity index (χ4v) is 3.61. The number of hydrogen-bond donors (Lipinski definition) is 1. The second-order valence-corrected chi connectivity index (χ2v) is 7.45. The predicted octanol–water partition coefficient (Wildman–Crippen LogP) is 4.84. The zero-order valence-corrected chi connectivity index (χ0v) is 13.1. The summed E-state index contributed by atoms with van der Waals surface area (Å²) in [5, 5.41) is 0. The maximum Gasteiger partial charge on any atom is 0.177 e. The summed E-state index contributed by atoms with van der Waals surface area (Å²) in [7, 11) is 0. The third-order valence-electron chi connectivity index (χ3n) is 4.30. The van der Waals surface area contributed by atoms with E-state index in [0.717, 1.165) is 16.6 Å². The SMILES string of the molecule is CC1CCC(n2c(C(C)(C)C)c[nH]c2=S)C(C)C1. The first kappa shape index (κ1) is 13.9. The minimum absolute atomic E-state index is 0.149. The lowest BCUT2D eigenvalue weighted by Crippen LogP contribution is -2.29. The third kappa shape index (κ3) is 2.56. The van der Waals surface area contributed by atoms with Gasteiger partial charge in [0.25, 0.3) is 0 Å². The number of nitrogens with zero attached hydrogens (tertiary/aromatic N) is 1. The van der Waals surface area contributed by atoms with Crippen LogP contribution in [0.25, 0.3) is 0 Å². The van der Waals surface area contributed by atoms with Crippen LogP contribution in [-0.4, -0.2) is 9.55 Å². The first-order valence-corrected chi connectivity index (χ1v) is 7.52. The van der Waals surface area contributed by atoms with E-state index in [1.807, 2.05) is 0 Å². The maximum absolute atomic E-state index is 5.51. The largest absolute Gasteiger partial charge is 0.337 e. The molecule has 0 radical (unpaired) electrons. The van der Waals surface area contributed by atoms with Gasteiger partial charge in [0.15, 0.2) is 4.77 Å². The van der Waals surface area contributed by atoms with Gasteiger partial charge in [-0.05, 0) is 43.3 Å². The van der Waals surface area contributed by atoms with E-state index in [2.05, 4.69) is 50.4 Å². The van der Waals surface area contributed by atoms with Gasteiger partial charge in [-0.3, -0.25) is 0 Å². The fourth-order valence-electron chi connectivity index (χ4n) is 3.32. The number of H-pyrrole nitrogens is 1. The quantitative estimate of drug-likeness (QED) is 0.721. The third-order valence-corrected chi connectivity index (χ3v) is 4.61. The molecule has 0 bridgehead atoms. The molecule has 1 saturated carbocycles. The van der Waals surface area contributed by atoms with E-state index in [9.17, 15) is 0 Å². The summed E-state index contributed by atoms with van der Waals surface area (Å²) >= 11 is 5.51. The zero-order valence-electron chi connectivity index (χ0n) is 12.3. The van der Waals surface area contributed by atoms with E-state index in [-0.39, 0.29) is 5.41 Å². The fraction of sp³-hybridized carbons (Fsp3) is 0.800. The molecule has 3 atom stereocenters. The molecule has 1 fully saturated rings. The Hall–Kier alpha value is -0.570. The van der Waals surface area contributed by atoms with E-state index >= 15 is 0 Å². The van der Waals surface area contributed by atoms with Crippen LogP contribution < -0.4 is 0 Å². The molecule has 1 aromatic rings. The molecule has 1 heterocycles. The van der Waals surface area contributed by atoms with Crippen LogP contribution in [0.1, 0.15) is 65.6 Å².